The molecule has 1 aliphatic rings. The third-order valence-corrected chi connectivity index (χ3v) is 8.40. The first kappa shape index (κ1) is 23.8. The van der Waals surface area contributed by atoms with E-state index in [4.69, 9.17) is 10.5 Å². The number of sulfonamides is 1. The molecule has 0 saturated carbocycles. The minimum Gasteiger partial charge on any atom is -0.383 e. The number of hydrogen-bond acceptors (Lipinski definition) is 7. The van der Waals surface area contributed by atoms with Gasteiger partial charge >= 0.3 is 5.51 Å². The fourth-order valence-corrected chi connectivity index (χ4v) is 5.59. The van der Waals surface area contributed by atoms with E-state index in [1.165, 1.54) is 34.8 Å². The van der Waals surface area contributed by atoms with E-state index >= 15 is 0 Å². The van der Waals surface area contributed by atoms with Gasteiger partial charge in [-0.2, -0.15) is 17.5 Å². The third-order valence-electron chi connectivity index (χ3n) is 4.90. The van der Waals surface area contributed by atoms with Crippen LogP contribution in [0.5, 0.6) is 0 Å². The minimum absolute atomic E-state index is 0.00298. The molecule has 0 radical (unpaired) electrons. The number of rotatable bonds is 4. The quantitative estimate of drug-likeness (QED) is 0.640. The van der Waals surface area contributed by atoms with E-state index in [1.54, 1.807) is 11.8 Å². The van der Waals surface area contributed by atoms with Gasteiger partial charge in [-0.1, -0.05) is 5.92 Å². The molecule has 1 aliphatic heterocycles. The van der Waals surface area contributed by atoms with Gasteiger partial charge in [0.25, 0.3) is 0 Å². The van der Waals surface area contributed by atoms with E-state index in [0.717, 1.165) is 12.1 Å². The number of piperazine rings is 1. The molecule has 172 valence electrons. The van der Waals surface area contributed by atoms with E-state index in [0.29, 0.717) is 5.69 Å². The zero-order valence-electron chi connectivity index (χ0n) is 16.8. The smallest absolute Gasteiger partial charge is 0.383 e. The first-order valence-electron chi connectivity index (χ1n) is 9.24. The van der Waals surface area contributed by atoms with Crippen LogP contribution in [0.25, 0.3) is 0 Å². The molecule has 0 bridgehead atoms. The van der Waals surface area contributed by atoms with Gasteiger partial charge in [0.15, 0.2) is 9.73 Å². The predicted octanol–water partition coefficient (Wildman–Crippen LogP) is 2.49. The lowest BCUT2D eigenvalue weighted by Gasteiger charge is -2.40. The summed E-state index contributed by atoms with van der Waals surface area (Å²) in [6.07, 6.45) is 1.38. The zero-order chi connectivity index (χ0) is 23.7. The Hall–Kier alpha value is -2.82. The van der Waals surface area contributed by atoms with Gasteiger partial charge < -0.3 is 10.6 Å². The molecular formula is C19H20F3N5O3S2. The van der Waals surface area contributed by atoms with Gasteiger partial charge in [-0.05, 0) is 43.3 Å². The summed E-state index contributed by atoms with van der Waals surface area (Å²) in [5.74, 6) is 5.54. The Balaban J connectivity index is 1.88. The Morgan fingerprint density at radius 2 is 1.81 bits per heavy atom. The largest absolute Gasteiger partial charge is 0.483 e. The van der Waals surface area contributed by atoms with Crippen molar-refractivity contribution in [3.8, 4) is 11.8 Å². The van der Waals surface area contributed by atoms with Crippen molar-refractivity contribution in [3.05, 3.63) is 42.6 Å². The highest BCUT2D eigenvalue weighted by Gasteiger charge is 2.43. The van der Waals surface area contributed by atoms with E-state index in [2.05, 4.69) is 16.8 Å². The summed E-state index contributed by atoms with van der Waals surface area (Å²) in [7, 11) is -8.89. The molecule has 1 saturated heterocycles. The van der Waals surface area contributed by atoms with Crippen molar-refractivity contribution in [2.45, 2.75) is 28.3 Å². The monoisotopic (exact) mass is 487 g/mol. The lowest BCUT2D eigenvalue weighted by atomic mass is 10.1. The summed E-state index contributed by atoms with van der Waals surface area (Å²) >= 11 is 0. The number of nitrogens with one attached hydrogen (secondary N) is 1. The highest BCUT2D eigenvalue weighted by molar-refractivity contribution is 7.93. The number of hydrogen-bond donors (Lipinski definition) is 2. The van der Waals surface area contributed by atoms with Gasteiger partial charge in [0.1, 0.15) is 16.8 Å². The summed E-state index contributed by atoms with van der Waals surface area (Å²) < 4.78 is 85.0. The topological polar surface area (TPSA) is 120 Å². The molecule has 13 heteroatoms. The maximum Gasteiger partial charge on any atom is 0.483 e. The van der Waals surface area contributed by atoms with Gasteiger partial charge in [-0.15, -0.1) is 5.92 Å². The second kappa shape index (κ2) is 8.61. The van der Waals surface area contributed by atoms with E-state index < -0.39 is 36.2 Å². The van der Waals surface area contributed by atoms with Gasteiger partial charge in [-0.3, -0.25) is 0 Å². The Kier molecular flexibility index (Phi) is 6.41. The number of aromatic nitrogens is 1. The lowest BCUT2D eigenvalue weighted by molar-refractivity contribution is -0.0406. The summed E-state index contributed by atoms with van der Waals surface area (Å²) in [5, 5.41) is 0. The normalized spacial score (nSPS) is 19.6. The fourth-order valence-electron chi connectivity index (χ4n) is 3.30. The van der Waals surface area contributed by atoms with Crippen LogP contribution in [0.15, 0.2) is 52.4 Å². The number of benzene rings is 1. The summed E-state index contributed by atoms with van der Waals surface area (Å²) in [5.41, 5.74) is 1.02. The molecule has 2 aromatic rings. The third kappa shape index (κ3) is 4.38. The standard InChI is InChI=1S/C19H20F3N5O3S2/c1-2-4-15-13-26(32(29,30)17-5-3-10-25-18(17)23)11-12-27(15)14-6-8-16(9-7-14)31(24,28)19(20,21)22/h3,5-10,15,24H,11-13H2,1H3,(H2,23,25)/t15-,31?/m0/s1. The second-order valence-corrected chi connectivity index (χ2v) is 10.8. The molecule has 32 heavy (non-hydrogen) atoms. The van der Waals surface area contributed by atoms with Crippen molar-refractivity contribution in [2.75, 3.05) is 30.3 Å². The van der Waals surface area contributed by atoms with Crippen molar-refractivity contribution in [1.29, 1.82) is 4.78 Å². The number of nitrogen functional groups attached to an aromatic ring is 1. The van der Waals surface area contributed by atoms with Crippen LogP contribution < -0.4 is 10.6 Å². The van der Waals surface area contributed by atoms with Crippen LogP contribution in [-0.2, 0) is 19.8 Å². The van der Waals surface area contributed by atoms with Crippen molar-refractivity contribution < 1.29 is 25.8 Å². The first-order valence-corrected chi connectivity index (χ1v) is 12.2. The van der Waals surface area contributed by atoms with Crippen LogP contribution in [-0.4, -0.2) is 53.1 Å². The summed E-state index contributed by atoms with van der Waals surface area (Å²) in [6.45, 7) is 1.87. The van der Waals surface area contributed by atoms with Gasteiger partial charge in [-0.25, -0.2) is 22.4 Å². The van der Waals surface area contributed by atoms with E-state index in [9.17, 15) is 25.8 Å². The Morgan fingerprint density at radius 3 is 2.38 bits per heavy atom. The average molecular weight is 488 g/mol. The van der Waals surface area contributed by atoms with Crippen LogP contribution >= 0.6 is 0 Å². The average Bonchev–Trinajstić information content (AvgIpc) is 2.73. The molecule has 0 aliphatic carbocycles. The SMILES string of the molecule is CC#C[C@H]1CN(S(=O)(=O)c2cccnc2N)CCN1c1ccc(S(=N)(=O)C(F)(F)F)cc1. The van der Waals surface area contributed by atoms with Crippen molar-refractivity contribution in [2.24, 2.45) is 0 Å². The molecule has 2 atom stereocenters. The highest BCUT2D eigenvalue weighted by Crippen LogP contribution is 2.33. The summed E-state index contributed by atoms with van der Waals surface area (Å²) in [6, 6.07) is 6.88. The van der Waals surface area contributed by atoms with Gasteiger partial charge in [0.2, 0.25) is 10.0 Å². The zero-order valence-corrected chi connectivity index (χ0v) is 18.5. The Bertz CT molecular complexity index is 1270. The Morgan fingerprint density at radius 1 is 1.16 bits per heavy atom. The number of halogens is 3. The second-order valence-electron chi connectivity index (χ2n) is 6.85. The molecule has 1 aromatic heterocycles. The number of nitrogens with two attached hydrogens (primary N) is 1. The summed E-state index contributed by atoms with van der Waals surface area (Å²) in [4.78, 5) is 4.80. The number of nitrogens with zero attached hydrogens (tertiary/aromatic N) is 3. The van der Waals surface area contributed by atoms with Crippen LogP contribution in [0.3, 0.4) is 0 Å². The lowest BCUT2D eigenvalue weighted by Crippen LogP contribution is -2.54. The molecule has 0 amide bonds. The highest BCUT2D eigenvalue weighted by atomic mass is 32.2. The molecule has 2 heterocycles. The number of pyridine rings is 1. The molecule has 0 spiro atoms. The maximum absolute atomic E-state index is 13.0. The van der Waals surface area contributed by atoms with Crippen LogP contribution in [0.2, 0.25) is 0 Å². The molecule has 1 unspecified atom stereocenters. The van der Waals surface area contributed by atoms with Crippen molar-refractivity contribution >= 4 is 31.3 Å². The fraction of sp³-hybridized carbons (Fsp3) is 0.316. The van der Waals surface area contributed by atoms with Crippen LogP contribution in [0.4, 0.5) is 24.7 Å². The van der Waals surface area contributed by atoms with Crippen molar-refractivity contribution in [3.63, 3.8) is 0 Å². The first-order chi connectivity index (χ1) is 14.9. The van der Waals surface area contributed by atoms with Gasteiger partial charge in [0.05, 0.1) is 4.90 Å². The number of alkyl halides is 3. The molecule has 3 N–H and O–H groups in total. The molecule has 8 nitrogen and oxygen atoms in total. The van der Waals surface area contributed by atoms with E-state index in [1.807, 2.05) is 0 Å². The van der Waals surface area contributed by atoms with Crippen molar-refractivity contribution in [1.82, 2.24) is 9.29 Å². The predicted molar refractivity (Wildman–Crippen MR) is 114 cm³/mol. The van der Waals surface area contributed by atoms with E-state index in [-0.39, 0.29) is 30.3 Å². The Labute approximate surface area is 184 Å². The molecule has 1 aromatic carbocycles. The minimum atomic E-state index is -5.18. The maximum atomic E-state index is 13.0. The van der Waals surface area contributed by atoms with Gasteiger partial charge in [0, 0.05) is 31.5 Å². The van der Waals surface area contributed by atoms with Crippen LogP contribution in [0, 0.1) is 16.6 Å². The van der Waals surface area contributed by atoms with Crippen LogP contribution in [0.1, 0.15) is 6.92 Å². The number of anilines is 2. The molecule has 1 fully saturated rings. The molecule has 3 rings (SSSR count). The molecular weight excluding hydrogens is 467 g/mol.